The zero-order valence-corrected chi connectivity index (χ0v) is 17.6. The molecule has 0 unspecified atom stereocenters. The number of anilines is 2. The maximum absolute atomic E-state index is 13.7. The van der Waals surface area contributed by atoms with Gasteiger partial charge in [-0.15, -0.1) is 11.8 Å². The van der Waals surface area contributed by atoms with Crippen molar-refractivity contribution in [2.45, 2.75) is 4.90 Å². The van der Waals surface area contributed by atoms with E-state index in [1.807, 2.05) is 24.3 Å². The van der Waals surface area contributed by atoms with E-state index >= 15 is 0 Å². The second-order valence-electron chi connectivity index (χ2n) is 5.80. The Labute approximate surface area is 180 Å². The van der Waals surface area contributed by atoms with Crippen LogP contribution < -0.4 is 10.6 Å². The molecule has 7 heteroatoms. The first-order chi connectivity index (χ1) is 13.5. The molecular weight excluding hydrogens is 490 g/mol. The number of hydrogen-bond acceptors (Lipinski definition) is 3. The summed E-state index contributed by atoms with van der Waals surface area (Å²) in [6.07, 6.45) is 0. The Balaban J connectivity index is 1.51. The third-order valence-corrected chi connectivity index (χ3v) is 5.46. The average molecular weight is 506 g/mol. The van der Waals surface area contributed by atoms with Gasteiger partial charge in [0.15, 0.2) is 0 Å². The quantitative estimate of drug-likeness (QED) is 0.347. The van der Waals surface area contributed by atoms with Crippen molar-refractivity contribution in [1.29, 1.82) is 0 Å². The standard InChI is InChI=1S/C21H16FIN2O2S/c22-19-4-2-1-3-18(19)21(27)25-16-9-11-17(12-10-16)28-13-20(26)24-15-7-5-14(23)6-8-15/h1-12H,13H2,(H,24,26)(H,25,27). The lowest BCUT2D eigenvalue weighted by Gasteiger charge is -2.08. The molecule has 0 aliphatic rings. The van der Waals surface area contributed by atoms with Gasteiger partial charge < -0.3 is 10.6 Å². The van der Waals surface area contributed by atoms with E-state index in [0.717, 1.165) is 14.2 Å². The molecule has 142 valence electrons. The summed E-state index contributed by atoms with van der Waals surface area (Å²) in [6, 6.07) is 20.4. The summed E-state index contributed by atoms with van der Waals surface area (Å²) < 4.78 is 14.8. The van der Waals surface area contributed by atoms with E-state index in [2.05, 4.69) is 33.2 Å². The summed E-state index contributed by atoms with van der Waals surface area (Å²) in [7, 11) is 0. The van der Waals surface area contributed by atoms with Gasteiger partial charge in [0, 0.05) is 19.8 Å². The third kappa shape index (κ3) is 5.80. The number of carbonyl (C=O) groups is 2. The van der Waals surface area contributed by atoms with Gasteiger partial charge in [-0.2, -0.15) is 0 Å². The number of nitrogens with one attached hydrogen (secondary N) is 2. The van der Waals surface area contributed by atoms with Crippen LogP contribution in [0.4, 0.5) is 15.8 Å². The summed E-state index contributed by atoms with van der Waals surface area (Å²) in [4.78, 5) is 25.1. The fraction of sp³-hybridized carbons (Fsp3) is 0.0476. The number of thioether (sulfide) groups is 1. The van der Waals surface area contributed by atoms with Crippen LogP contribution in [0.5, 0.6) is 0 Å². The molecule has 28 heavy (non-hydrogen) atoms. The summed E-state index contributed by atoms with van der Waals surface area (Å²) in [5.41, 5.74) is 1.31. The lowest BCUT2D eigenvalue weighted by molar-refractivity contribution is -0.113. The lowest BCUT2D eigenvalue weighted by Crippen LogP contribution is -2.14. The fourth-order valence-corrected chi connectivity index (χ4v) is 3.42. The van der Waals surface area contributed by atoms with Crippen molar-refractivity contribution in [2.24, 2.45) is 0 Å². The smallest absolute Gasteiger partial charge is 0.258 e. The van der Waals surface area contributed by atoms with E-state index < -0.39 is 11.7 Å². The van der Waals surface area contributed by atoms with Gasteiger partial charge in [-0.05, 0) is 83.3 Å². The predicted molar refractivity (Wildman–Crippen MR) is 119 cm³/mol. The molecule has 0 radical (unpaired) electrons. The molecule has 0 heterocycles. The largest absolute Gasteiger partial charge is 0.325 e. The molecule has 0 bridgehead atoms. The summed E-state index contributed by atoms with van der Waals surface area (Å²) >= 11 is 3.60. The Bertz CT molecular complexity index is 978. The summed E-state index contributed by atoms with van der Waals surface area (Å²) in [5.74, 6) is -0.891. The van der Waals surface area contributed by atoms with Gasteiger partial charge in [0.2, 0.25) is 5.91 Å². The zero-order chi connectivity index (χ0) is 19.9. The van der Waals surface area contributed by atoms with Crippen LogP contribution in [0.1, 0.15) is 10.4 Å². The molecule has 2 N–H and O–H groups in total. The van der Waals surface area contributed by atoms with Gasteiger partial charge >= 0.3 is 0 Å². The van der Waals surface area contributed by atoms with Crippen molar-refractivity contribution < 1.29 is 14.0 Å². The summed E-state index contributed by atoms with van der Waals surface area (Å²) in [6.45, 7) is 0. The number of carbonyl (C=O) groups excluding carboxylic acids is 2. The van der Waals surface area contributed by atoms with Crippen LogP contribution in [-0.4, -0.2) is 17.6 Å². The van der Waals surface area contributed by atoms with Gasteiger partial charge in [0.05, 0.1) is 11.3 Å². The van der Waals surface area contributed by atoms with Gasteiger partial charge in [0.1, 0.15) is 5.82 Å². The SMILES string of the molecule is O=C(CSc1ccc(NC(=O)c2ccccc2F)cc1)Nc1ccc(I)cc1. The van der Waals surface area contributed by atoms with Crippen molar-refractivity contribution in [3.05, 3.63) is 87.7 Å². The first-order valence-electron chi connectivity index (χ1n) is 8.35. The molecule has 0 atom stereocenters. The fourth-order valence-electron chi connectivity index (χ4n) is 2.36. The monoisotopic (exact) mass is 506 g/mol. The first-order valence-corrected chi connectivity index (χ1v) is 10.4. The number of amides is 2. The van der Waals surface area contributed by atoms with Crippen molar-refractivity contribution in [1.82, 2.24) is 0 Å². The van der Waals surface area contributed by atoms with Crippen LogP contribution in [0.2, 0.25) is 0 Å². The molecule has 0 aliphatic carbocycles. The molecule has 3 aromatic rings. The molecule has 0 fully saturated rings. The minimum Gasteiger partial charge on any atom is -0.325 e. The normalized spacial score (nSPS) is 10.4. The van der Waals surface area contributed by atoms with Crippen LogP contribution >= 0.6 is 34.4 Å². The molecule has 0 spiro atoms. The van der Waals surface area contributed by atoms with Crippen LogP contribution in [0, 0.1) is 9.39 Å². The molecule has 4 nitrogen and oxygen atoms in total. The van der Waals surface area contributed by atoms with Gasteiger partial charge in [-0.1, -0.05) is 12.1 Å². The Hall–Kier alpha value is -2.39. The van der Waals surface area contributed by atoms with E-state index in [1.54, 1.807) is 30.3 Å². The van der Waals surface area contributed by atoms with Crippen LogP contribution in [0.25, 0.3) is 0 Å². The maximum atomic E-state index is 13.7. The van der Waals surface area contributed by atoms with E-state index in [1.165, 1.54) is 30.0 Å². The molecule has 3 rings (SSSR count). The average Bonchev–Trinajstić information content (AvgIpc) is 2.69. The Morgan fingerprint density at radius 1 is 0.857 bits per heavy atom. The molecule has 2 amide bonds. The van der Waals surface area contributed by atoms with E-state index in [-0.39, 0.29) is 17.2 Å². The Kier molecular flexibility index (Phi) is 7.05. The highest BCUT2D eigenvalue weighted by atomic mass is 127. The van der Waals surface area contributed by atoms with Crippen LogP contribution in [-0.2, 0) is 4.79 Å². The molecule has 0 aliphatic heterocycles. The molecule has 3 aromatic carbocycles. The van der Waals surface area contributed by atoms with Crippen LogP contribution in [0.3, 0.4) is 0 Å². The highest BCUT2D eigenvalue weighted by Gasteiger charge is 2.11. The Morgan fingerprint density at radius 3 is 2.14 bits per heavy atom. The zero-order valence-electron chi connectivity index (χ0n) is 14.6. The molecule has 0 saturated carbocycles. The molecular formula is C21H16FIN2O2S. The second kappa shape index (κ2) is 9.70. The number of rotatable bonds is 6. The van der Waals surface area contributed by atoms with E-state index in [9.17, 15) is 14.0 Å². The summed E-state index contributed by atoms with van der Waals surface area (Å²) in [5, 5.41) is 5.50. The third-order valence-electron chi connectivity index (χ3n) is 3.73. The first kappa shape index (κ1) is 20.3. The van der Waals surface area contributed by atoms with Gasteiger partial charge in [-0.3, -0.25) is 9.59 Å². The Morgan fingerprint density at radius 2 is 1.46 bits per heavy atom. The molecule has 0 aromatic heterocycles. The highest BCUT2D eigenvalue weighted by molar-refractivity contribution is 14.1. The van der Waals surface area contributed by atoms with Crippen molar-refractivity contribution in [3.8, 4) is 0 Å². The topological polar surface area (TPSA) is 58.2 Å². The van der Waals surface area contributed by atoms with Crippen molar-refractivity contribution >= 4 is 57.5 Å². The highest BCUT2D eigenvalue weighted by Crippen LogP contribution is 2.21. The maximum Gasteiger partial charge on any atom is 0.258 e. The minimum absolute atomic E-state index is 0.00628. The van der Waals surface area contributed by atoms with Crippen LogP contribution in [0.15, 0.2) is 77.7 Å². The van der Waals surface area contributed by atoms with E-state index in [4.69, 9.17) is 0 Å². The van der Waals surface area contributed by atoms with E-state index in [0.29, 0.717) is 5.69 Å². The van der Waals surface area contributed by atoms with Crippen molar-refractivity contribution in [2.75, 3.05) is 16.4 Å². The van der Waals surface area contributed by atoms with Gasteiger partial charge in [0.25, 0.3) is 5.91 Å². The lowest BCUT2D eigenvalue weighted by atomic mass is 10.2. The predicted octanol–water partition coefficient (Wildman–Crippen LogP) is 5.41. The number of halogens is 2. The number of benzene rings is 3. The number of hydrogen-bond donors (Lipinski definition) is 2. The minimum atomic E-state index is -0.564. The van der Waals surface area contributed by atoms with Crippen molar-refractivity contribution in [3.63, 3.8) is 0 Å². The second-order valence-corrected chi connectivity index (χ2v) is 8.10. The molecule has 0 saturated heterocycles. The van der Waals surface area contributed by atoms with Gasteiger partial charge in [-0.25, -0.2) is 4.39 Å².